The maximum atomic E-state index is 13.9. The number of ketones is 1. The van der Waals surface area contributed by atoms with Gasteiger partial charge in [0, 0.05) is 11.8 Å². The molecule has 0 aromatic heterocycles. The molecule has 100 valence electrons. The molecular weight excluding hydrogens is 265 g/mol. The fourth-order valence-electron chi connectivity index (χ4n) is 2.73. The molecule has 0 saturated heterocycles. The van der Waals surface area contributed by atoms with Crippen molar-refractivity contribution in [1.29, 1.82) is 5.26 Å². The molecule has 0 N–H and O–H groups in total. The quantitative estimate of drug-likeness (QED) is 0.823. The van der Waals surface area contributed by atoms with Crippen molar-refractivity contribution in [1.82, 2.24) is 0 Å². The number of benzene rings is 1. The maximum absolute atomic E-state index is 13.9. The average Bonchev–Trinajstić information content (AvgIpc) is 2.60. The number of Topliss-reactive ketones (excluding diaryl/α,β-unsaturated/α-hetero) is 1. The van der Waals surface area contributed by atoms with Gasteiger partial charge in [0.2, 0.25) is 0 Å². The molecule has 0 amide bonds. The van der Waals surface area contributed by atoms with E-state index in [1.807, 2.05) is 13.8 Å². The number of nitrogens with zero attached hydrogens (tertiary/aromatic N) is 1. The van der Waals surface area contributed by atoms with Crippen molar-refractivity contribution in [2.45, 2.75) is 33.1 Å². The molecule has 1 unspecified atom stereocenters. The van der Waals surface area contributed by atoms with Crippen LogP contribution in [0.15, 0.2) is 18.2 Å². The Morgan fingerprint density at radius 1 is 1.42 bits per heavy atom. The Morgan fingerprint density at radius 3 is 2.63 bits per heavy atom. The fraction of sp³-hybridized carbons (Fsp3) is 0.467. The van der Waals surface area contributed by atoms with Crippen LogP contribution in [0.2, 0.25) is 5.02 Å². The van der Waals surface area contributed by atoms with Crippen LogP contribution < -0.4 is 0 Å². The van der Waals surface area contributed by atoms with Crippen molar-refractivity contribution in [2.75, 3.05) is 0 Å². The maximum Gasteiger partial charge on any atom is 0.158 e. The largest absolute Gasteiger partial charge is 0.297 e. The average molecular weight is 280 g/mol. The van der Waals surface area contributed by atoms with Gasteiger partial charge in [-0.25, -0.2) is 4.39 Å². The van der Waals surface area contributed by atoms with Crippen molar-refractivity contribution in [2.24, 2.45) is 10.8 Å². The Hall–Kier alpha value is -1.40. The van der Waals surface area contributed by atoms with Crippen LogP contribution in [0.1, 0.15) is 32.3 Å². The van der Waals surface area contributed by atoms with E-state index in [9.17, 15) is 14.4 Å². The number of halogens is 2. The van der Waals surface area contributed by atoms with Gasteiger partial charge in [-0.05, 0) is 24.5 Å². The van der Waals surface area contributed by atoms with Crippen LogP contribution in [0.3, 0.4) is 0 Å². The second-order valence-corrected chi connectivity index (χ2v) is 6.20. The Balaban J connectivity index is 2.39. The summed E-state index contributed by atoms with van der Waals surface area (Å²) in [5.41, 5.74) is -1.29. The number of hydrogen-bond acceptors (Lipinski definition) is 2. The number of nitriles is 1. The highest BCUT2D eigenvalue weighted by atomic mass is 35.5. The first-order chi connectivity index (χ1) is 8.82. The molecule has 0 bridgehead atoms. The number of carbonyl (C=O) groups is 1. The highest BCUT2D eigenvalue weighted by Crippen LogP contribution is 2.47. The predicted molar refractivity (Wildman–Crippen MR) is 71.2 cm³/mol. The molecule has 1 fully saturated rings. The minimum atomic E-state index is -1.12. The number of rotatable bonds is 2. The summed E-state index contributed by atoms with van der Waals surface area (Å²) in [5.74, 6) is -0.627. The molecule has 1 saturated carbocycles. The lowest BCUT2D eigenvalue weighted by Crippen LogP contribution is -2.33. The van der Waals surface area contributed by atoms with E-state index in [1.165, 1.54) is 6.07 Å². The van der Waals surface area contributed by atoms with Crippen LogP contribution in [0.4, 0.5) is 4.39 Å². The van der Waals surface area contributed by atoms with E-state index in [2.05, 4.69) is 6.07 Å². The Bertz CT molecular complexity index is 576. The first kappa shape index (κ1) is 14.0. The third kappa shape index (κ3) is 2.26. The molecule has 0 heterocycles. The van der Waals surface area contributed by atoms with E-state index in [1.54, 1.807) is 12.1 Å². The van der Waals surface area contributed by atoms with Crippen LogP contribution in [0.5, 0.6) is 0 Å². The summed E-state index contributed by atoms with van der Waals surface area (Å²) < 4.78 is 13.9. The fourth-order valence-corrected chi connectivity index (χ4v) is 2.92. The van der Waals surface area contributed by atoms with Crippen molar-refractivity contribution < 1.29 is 9.18 Å². The van der Waals surface area contributed by atoms with Crippen molar-refractivity contribution in [3.8, 4) is 6.07 Å². The normalized spacial score (nSPS) is 25.3. The molecule has 0 aliphatic heterocycles. The molecule has 1 aromatic carbocycles. The summed E-state index contributed by atoms with van der Waals surface area (Å²) in [6, 6.07) is 6.79. The minimum Gasteiger partial charge on any atom is -0.297 e. The SMILES string of the molecule is CC1(C)CCC(C#N)(Cc2cccc(Cl)c2F)C1=O. The summed E-state index contributed by atoms with van der Waals surface area (Å²) in [6.07, 6.45) is 1.22. The molecule has 1 aliphatic carbocycles. The van der Waals surface area contributed by atoms with E-state index < -0.39 is 16.6 Å². The third-order valence-electron chi connectivity index (χ3n) is 3.96. The Morgan fingerprint density at radius 2 is 2.11 bits per heavy atom. The minimum absolute atomic E-state index is 0.0234. The third-order valence-corrected chi connectivity index (χ3v) is 4.26. The lowest BCUT2D eigenvalue weighted by atomic mass is 9.77. The smallest absolute Gasteiger partial charge is 0.158 e. The van der Waals surface area contributed by atoms with E-state index in [0.29, 0.717) is 18.4 Å². The Kier molecular flexibility index (Phi) is 3.40. The van der Waals surface area contributed by atoms with Crippen LogP contribution >= 0.6 is 11.6 Å². The van der Waals surface area contributed by atoms with Gasteiger partial charge in [0.25, 0.3) is 0 Å². The van der Waals surface area contributed by atoms with Crippen molar-refractivity contribution in [3.63, 3.8) is 0 Å². The first-order valence-electron chi connectivity index (χ1n) is 6.21. The van der Waals surface area contributed by atoms with E-state index in [4.69, 9.17) is 11.6 Å². The molecule has 19 heavy (non-hydrogen) atoms. The van der Waals surface area contributed by atoms with E-state index in [0.717, 1.165) is 0 Å². The zero-order valence-corrected chi connectivity index (χ0v) is 11.7. The highest BCUT2D eigenvalue weighted by Gasteiger charge is 2.52. The van der Waals surface area contributed by atoms with Gasteiger partial charge in [-0.2, -0.15) is 5.26 Å². The molecule has 2 rings (SSSR count). The van der Waals surface area contributed by atoms with E-state index >= 15 is 0 Å². The van der Waals surface area contributed by atoms with Gasteiger partial charge in [-0.3, -0.25) is 4.79 Å². The lowest BCUT2D eigenvalue weighted by molar-refractivity contribution is -0.130. The van der Waals surface area contributed by atoms with Crippen LogP contribution in [-0.2, 0) is 11.2 Å². The molecule has 2 nitrogen and oxygen atoms in total. The molecular formula is C15H15ClFNO. The van der Waals surface area contributed by atoms with Gasteiger partial charge in [0.1, 0.15) is 11.2 Å². The van der Waals surface area contributed by atoms with Gasteiger partial charge in [0.05, 0.1) is 11.1 Å². The van der Waals surface area contributed by atoms with Gasteiger partial charge in [-0.15, -0.1) is 0 Å². The molecule has 1 aliphatic rings. The van der Waals surface area contributed by atoms with E-state index in [-0.39, 0.29) is 17.2 Å². The van der Waals surface area contributed by atoms with Gasteiger partial charge in [-0.1, -0.05) is 37.6 Å². The summed E-state index contributed by atoms with van der Waals surface area (Å²) in [6.45, 7) is 3.67. The zero-order chi connectivity index (χ0) is 14.3. The van der Waals surface area contributed by atoms with Gasteiger partial charge >= 0.3 is 0 Å². The molecule has 0 spiro atoms. The predicted octanol–water partition coefficient (Wildman–Crippen LogP) is 3.92. The van der Waals surface area contributed by atoms with Gasteiger partial charge < -0.3 is 0 Å². The molecule has 4 heteroatoms. The summed E-state index contributed by atoms with van der Waals surface area (Å²) in [7, 11) is 0. The number of carbonyl (C=O) groups excluding carboxylic acids is 1. The molecule has 1 atom stereocenters. The Labute approximate surface area is 117 Å². The monoisotopic (exact) mass is 279 g/mol. The summed E-state index contributed by atoms with van der Waals surface area (Å²) in [5, 5.41) is 9.44. The second kappa shape index (κ2) is 4.61. The standard InChI is InChI=1S/C15H15ClFNO/c1-14(2)6-7-15(9-18,13(14)19)8-10-4-3-5-11(16)12(10)17/h3-5H,6-8H2,1-2H3. The molecule has 1 aromatic rings. The van der Waals surface area contributed by atoms with Gasteiger partial charge in [0.15, 0.2) is 5.78 Å². The van der Waals surface area contributed by atoms with Crippen LogP contribution in [-0.4, -0.2) is 5.78 Å². The summed E-state index contributed by atoms with van der Waals surface area (Å²) in [4.78, 5) is 12.4. The highest BCUT2D eigenvalue weighted by molar-refractivity contribution is 6.30. The summed E-state index contributed by atoms with van der Waals surface area (Å²) >= 11 is 5.74. The molecule has 0 radical (unpaired) electrons. The van der Waals surface area contributed by atoms with Crippen molar-refractivity contribution >= 4 is 17.4 Å². The first-order valence-corrected chi connectivity index (χ1v) is 6.59. The lowest BCUT2D eigenvalue weighted by Gasteiger charge is -2.22. The second-order valence-electron chi connectivity index (χ2n) is 5.80. The van der Waals surface area contributed by atoms with Crippen LogP contribution in [0.25, 0.3) is 0 Å². The zero-order valence-electron chi connectivity index (χ0n) is 11.0. The topological polar surface area (TPSA) is 40.9 Å². The number of hydrogen-bond donors (Lipinski definition) is 0. The van der Waals surface area contributed by atoms with Crippen LogP contribution in [0, 0.1) is 28.0 Å². The van der Waals surface area contributed by atoms with Crippen molar-refractivity contribution in [3.05, 3.63) is 34.6 Å².